The minimum absolute atomic E-state index is 0.318. The normalized spacial score (nSPS) is 19.7. The molecule has 0 spiro atoms. The standard InChI is InChI=1S/C10H16N2OS/c1-6(2)8-10(14-12-11-8)9(13)7-4-3-5-7/h6-7,9,13H,3-5H2,1-2H3. The maximum Gasteiger partial charge on any atom is 0.0945 e. The molecule has 4 heteroatoms. The summed E-state index contributed by atoms with van der Waals surface area (Å²) in [6.45, 7) is 4.18. The van der Waals surface area contributed by atoms with Crippen LogP contribution in [0.1, 0.15) is 55.7 Å². The number of rotatable bonds is 3. The van der Waals surface area contributed by atoms with E-state index < -0.39 is 0 Å². The van der Waals surface area contributed by atoms with Crippen LogP contribution in [0.25, 0.3) is 0 Å². The Hall–Kier alpha value is -0.480. The van der Waals surface area contributed by atoms with Crippen molar-refractivity contribution in [1.82, 2.24) is 9.59 Å². The summed E-state index contributed by atoms with van der Waals surface area (Å²) in [4.78, 5) is 0.990. The van der Waals surface area contributed by atoms with Crippen molar-refractivity contribution in [2.75, 3.05) is 0 Å². The van der Waals surface area contributed by atoms with E-state index in [-0.39, 0.29) is 6.10 Å². The predicted octanol–water partition coefficient (Wildman–Crippen LogP) is 2.50. The molecule has 0 radical (unpaired) electrons. The van der Waals surface area contributed by atoms with Gasteiger partial charge in [0.25, 0.3) is 0 Å². The second kappa shape index (κ2) is 3.95. The zero-order valence-electron chi connectivity index (χ0n) is 8.60. The van der Waals surface area contributed by atoms with Gasteiger partial charge in [-0.2, -0.15) is 0 Å². The van der Waals surface area contributed by atoms with Gasteiger partial charge in [0, 0.05) is 0 Å². The van der Waals surface area contributed by atoms with Gasteiger partial charge in [0.1, 0.15) is 0 Å². The molecular weight excluding hydrogens is 196 g/mol. The van der Waals surface area contributed by atoms with E-state index in [1.54, 1.807) is 0 Å². The molecule has 1 unspecified atom stereocenters. The first kappa shape index (κ1) is 10.1. The zero-order valence-corrected chi connectivity index (χ0v) is 9.42. The van der Waals surface area contributed by atoms with E-state index in [0.717, 1.165) is 23.4 Å². The van der Waals surface area contributed by atoms with Crippen LogP contribution in [0.5, 0.6) is 0 Å². The van der Waals surface area contributed by atoms with E-state index in [9.17, 15) is 5.11 Å². The number of hydrogen-bond donors (Lipinski definition) is 1. The molecule has 1 aliphatic carbocycles. The van der Waals surface area contributed by atoms with Crippen LogP contribution in [0.15, 0.2) is 0 Å². The first-order valence-corrected chi connectivity index (χ1v) is 5.97. The quantitative estimate of drug-likeness (QED) is 0.837. The van der Waals surface area contributed by atoms with Crippen LogP contribution in [0.3, 0.4) is 0 Å². The summed E-state index contributed by atoms with van der Waals surface area (Å²) in [6.07, 6.45) is 3.24. The van der Waals surface area contributed by atoms with Gasteiger partial charge in [0.15, 0.2) is 0 Å². The first-order chi connectivity index (χ1) is 6.70. The molecule has 0 aromatic carbocycles. The van der Waals surface area contributed by atoms with Gasteiger partial charge in [-0.15, -0.1) is 5.10 Å². The van der Waals surface area contributed by atoms with Crippen molar-refractivity contribution >= 4 is 11.5 Å². The number of aliphatic hydroxyl groups is 1. The Labute approximate surface area is 88.3 Å². The molecule has 1 aromatic heterocycles. The Morgan fingerprint density at radius 3 is 2.64 bits per heavy atom. The molecule has 1 aliphatic rings. The minimum Gasteiger partial charge on any atom is -0.387 e. The lowest BCUT2D eigenvalue weighted by Gasteiger charge is -2.29. The fourth-order valence-corrected chi connectivity index (χ4v) is 2.67. The lowest BCUT2D eigenvalue weighted by atomic mass is 9.80. The molecular formula is C10H16N2OS. The third-order valence-corrected chi connectivity index (χ3v) is 3.76. The second-order valence-electron chi connectivity index (χ2n) is 4.31. The highest BCUT2D eigenvalue weighted by Gasteiger charge is 2.30. The van der Waals surface area contributed by atoms with Crippen LogP contribution in [-0.2, 0) is 0 Å². The van der Waals surface area contributed by atoms with Crippen molar-refractivity contribution in [3.05, 3.63) is 10.6 Å². The Morgan fingerprint density at radius 1 is 1.43 bits per heavy atom. The molecule has 3 nitrogen and oxygen atoms in total. The van der Waals surface area contributed by atoms with E-state index in [4.69, 9.17) is 0 Å². The summed E-state index contributed by atoms with van der Waals surface area (Å²) < 4.78 is 3.94. The smallest absolute Gasteiger partial charge is 0.0945 e. The van der Waals surface area contributed by atoms with E-state index in [1.807, 2.05) is 0 Å². The van der Waals surface area contributed by atoms with Crippen molar-refractivity contribution in [1.29, 1.82) is 0 Å². The molecule has 2 rings (SSSR count). The third kappa shape index (κ3) is 1.68. The fourth-order valence-electron chi connectivity index (χ4n) is 1.78. The molecule has 1 atom stereocenters. The fraction of sp³-hybridized carbons (Fsp3) is 0.800. The van der Waals surface area contributed by atoms with Gasteiger partial charge >= 0.3 is 0 Å². The lowest BCUT2D eigenvalue weighted by Crippen LogP contribution is -2.20. The highest BCUT2D eigenvalue weighted by Crippen LogP contribution is 2.40. The molecule has 0 amide bonds. The van der Waals surface area contributed by atoms with Gasteiger partial charge in [-0.05, 0) is 36.2 Å². The van der Waals surface area contributed by atoms with Crippen molar-refractivity contribution in [3.63, 3.8) is 0 Å². The third-order valence-electron chi connectivity index (χ3n) is 2.95. The Bertz CT molecular complexity index is 307. The van der Waals surface area contributed by atoms with Gasteiger partial charge in [-0.1, -0.05) is 24.8 Å². The van der Waals surface area contributed by atoms with Gasteiger partial charge < -0.3 is 5.11 Å². The highest BCUT2D eigenvalue weighted by atomic mass is 32.1. The summed E-state index contributed by atoms with van der Waals surface area (Å²) in [5.41, 5.74) is 0.981. The van der Waals surface area contributed by atoms with E-state index in [1.165, 1.54) is 18.0 Å². The summed E-state index contributed by atoms with van der Waals surface area (Å²) in [5, 5.41) is 14.2. The van der Waals surface area contributed by atoms with Crippen LogP contribution in [0, 0.1) is 5.92 Å². The molecule has 0 saturated heterocycles. The molecule has 1 aromatic rings. The molecule has 78 valence electrons. The molecule has 14 heavy (non-hydrogen) atoms. The summed E-state index contributed by atoms with van der Waals surface area (Å²) >= 11 is 1.35. The molecule has 1 N–H and O–H groups in total. The monoisotopic (exact) mass is 212 g/mol. The summed E-state index contributed by atoms with van der Waals surface area (Å²) in [5.74, 6) is 0.813. The van der Waals surface area contributed by atoms with Gasteiger partial charge in [0.2, 0.25) is 0 Å². The van der Waals surface area contributed by atoms with E-state index >= 15 is 0 Å². The van der Waals surface area contributed by atoms with Crippen LogP contribution >= 0.6 is 11.5 Å². The number of aromatic nitrogens is 2. The maximum atomic E-state index is 10.1. The Balaban J connectivity index is 2.17. The van der Waals surface area contributed by atoms with Crippen LogP contribution < -0.4 is 0 Å². The molecule has 1 saturated carbocycles. The molecule has 0 bridgehead atoms. The van der Waals surface area contributed by atoms with E-state index in [0.29, 0.717) is 11.8 Å². The average molecular weight is 212 g/mol. The first-order valence-electron chi connectivity index (χ1n) is 5.20. The predicted molar refractivity (Wildman–Crippen MR) is 56.3 cm³/mol. The van der Waals surface area contributed by atoms with Crippen LogP contribution in [0.2, 0.25) is 0 Å². The van der Waals surface area contributed by atoms with Crippen molar-refractivity contribution in [3.8, 4) is 0 Å². The zero-order chi connectivity index (χ0) is 10.1. The maximum absolute atomic E-state index is 10.1. The van der Waals surface area contributed by atoms with Crippen molar-refractivity contribution in [2.45, 2.75) is 45.1 Å². The van der Waals surface area contributed by atoms with Crippen LogP contribution in [0.4, 0.5) is 0 Å². The Morgan fingerprint density at radius 2 is 2.14 bits per heavy atom. The summed E-state index contributed by atoms with van der Waals surface area (Å²) in [6, 6.07) is 0. The largest absolute Gasteiger partial charge is 0.387 e. The highest BCUT2D eigenvalue weighted by molar-refractivity contribution is 7.05. The molecule has 1 heterocycles. The number of aliphatic hydroxyl groups excluding tert-OH is 1. The van der Waals surface area contributed by atoms with Gasteiger partial charge in [-0.3, -0.25) is 0 Å². The lowest BCUT2D eigenvalue weighted by molar-refractivity contribution is 0.0639. The molecule has 0 aliphatic heterocycles. The van der Waals surface area contributed by atoms with Crippen molar-refractivity contribution in [2.24, 2.45) is 5.92 Å². The number of hydrogen-bond acceptors (Lipinski definition) is 4. The van der Waals surface area contributed by atoms with Gasteiger partial charge in [-0.25, -0.2) is 0 Å². The average Bonchev–Trinajstić information content (AvgIpc) is 2.47. The van der Waals surface area contributed by atoms with Gasteiger partial charge in [0.05, 0.1) is 16.7 Å². The number of nitrogens with zero attached hydrogens (tertiary/aromatic N) is 2. The van der Waals surface area contributed by atoms with E-state index in [2.05, 4.69) is 23.4 Å². The summed E-state index contributed by atoms with van der Waals surface area (Å²) in [7, 11) is 0. The molecule has 1 fully saturated rings. The Kier molecular flexibility index (Phi) is 2.83. The second-order valence-corrected chi connectivity index (χ2v) is 5.10. The van der Waals surface area contributed by atoms with Crippen LogP contribution in [-0.4, -0.2) is 14.7 Å². The van der Waals surface area contributed by atoms with Crippen molar-refractivity contribution < 1.29 is 5.11 Å². The topological polar surface area (TPSA) is 46.0 Å². The minimum atomic E-state index is -0.318. The SMILES string of the molecule is CC(C)c1nnsc1C(O)C1CCC1.